The normalized spacial score (nSPS) is 15.7. The molecule has 3 rings (SSSR count). The van der Waals surface area contributed by atoms with E-state index < -0.39 is 10.0 Å². The van der Waals surface area contributed by atoms with Crippen molar-refractivity contribution in [3.8, 4) is 11.5 Å². The SMILES string of the molecule is CCOc1cc2c(cc1CNC(=O)c1cccc(S(=O)(=O)N(C)C)c1)OC(C)C2. The molecule has 0 aromatic heterocycles. The Bertz CT molecular complexity index is 1020. The van der Waals surface area contributed by atoms with Gasteiger partial charge in [-0.1, -0.05) is 6.07 Å². The van der Waals surface area contributed by atoms with Crippen LogP contribution in [0.1, 0.15) is 35.3 Å². The van der Waals surface area contributed by atoms with Crippen molar-refractivity contribution >= 4 is 15.9 Å². The summed E-state index contributed by atoms with van der Waals surface area (Å²) < 4.78 is 37.3. The Morgan fingerprint density at radius 3 is 2.72 bits per heavy atom. The van der Waals surface area contributed by atoms with Gasteiger partial charge in [-0.15, -0.1) is 0 Å². The molecule has 7 nitrogen and oxygen atoms in total. The Hall–Kier alpha value is -2.58. The monoisotopic (exact) mass is 418 g/mol. The summed E-state index contributed by atoms with van der Waals surface area (Å²) in [6, 6.07) is 9.85. The fraction of sp³-hybridized carbons (Fsp3) is 0.381. The number of benzene rings is 2. The molecule has 0 radical (unpaired) electrons. The maximum Gasteiger partial charge on any atom is 0.251 e. The first-order chi connectivity index (χ1) is 13.7. The van der Waals surface area contributed by atoms with E-state index in [1.807, 2.05) is 26.0 Å². The standard InChI is InChI=1S/C21H26N2O5S/c1-5-27-19-11-16-9-14(2)28-20(16)12-17(19)13-22-21(24)15-7-6-8-18(10-15)29(25,26)23(3)4/h6-8,10-12,14H,5,9,13H2,1-4H3,(H,22,24). The zero-order valence-electron chi connectivity index (χ0n) is 17.1. The zero-order valence-corrected chi connectivity index (χ0v) is 17.9. The molecule has 0 saturated carbocycles. The Kier molecular flexibility index (Phi) is 6.14. The Labute approximate surface area is 171 Å². The van der Waals surface area contributed by atoms with Crippen LogP contribution in [-0.2, 0) is 23.0 Å². The topological polar surface area (TPSA) is 84.9 Å². The summed E-state index contributed by atoms with van der Waals surface area (Å²) in [5.41, 5.74) is 2.18. The second-order valence-corrected chi connectivity index (χ2v) is 9.28. The van der Waals surface area contributed by atoms with Gasteiger partial charge in [0, 0.05) is 43.8 Å². The van der Waals surface area contributed by atoms with Gasteiger partial charge in [0.15, 0.2) is 0 Å². The van der Waals surface area contributed by atoms with Gasteiger partial charge in [-0.2, -0.15) is 0 Å². The average molecular weight is 419 g/mol. The van der Waals surface area contributed by atoms with E-state index in [2.05, 4.69) is 5.32 Å². The molecule has 0 fully saturated rings. The number of sulfonamides is 1. The van der Waals surface area contributed by atoms with Gasteiger partial charge in [-0.3, -0.25) is 4.79 Å². The van der Waals surface area contributed by atoms with E-state index in [4.69, 9.17) is 9.47 Å². The minimum Gasteiger partial charge on any atom is -0.494 e. The quantitative estimate of drug-likeness (QED) is 0.747. The first-order valence-electron chi connectivity index (χ1n) is 9.48. The van der Waals surface area contributed by atoms with Gasteiger partial charge in [0.05, 0.1) is 11.5 Å². The third-order valence-electron chi connectivity index (χ3n) is 4.69. The maximum atomic E-state index is 12.6. The summed E-state index contributed by atoms with van der Waals surface area (Å²) in [5, 5.41) is 2.84. The van der Waals surface area contributed by atoms with E-state index in [0.717, 1.165) is 27.6 Å². The molecule has 0 spiro atoms. The van der Waals surface area contributed by atoms with Gasteiger partial charge in [0.2, 0.25) is 10.0 Å². The number of rotatable bonds is 7. The number of fused-ring (bicyclic) bond motifs is 1. The van der Waals surface area contributed by atoms with Crippen molar-refractivity contribution in [3.63, 3.8) is 0 Å². The molecule has 0 saturated heterocycles. The van der Waals surface area contributed by atoms with Crippen LogP contribution in [0.5, 0.6) is 11.5 Å². The molecule has 1 aliphatic rings. The third kappa shape index (κ3) is 4.54. The lowest BCUT2D eigenvalue weighted by molar-refractivity contribution is 0.0950. The summed E-state index contributed by atoms with van der Waals surface area (Å²) in [6.07, 6.45) is 0.945. The van der Waals surface area contributed by atoms with Crippen molar-refractivity contribution in [2.45, 2.75) is 37.8 Å². The van der Waals surface area contributed by atoms with E-state index in [9.17, 15) is 13.2 Å². The first-order valence-corrected chi connectivity index (χ1v) is 10.9. The molecule has 8 heteroatoms. The van der Waals surface area contributed by atoms with Crippen LogP contribution in [0.4, 0.5) is 0 Å². The number of hydrogen-bond acceptors (Lipinski definition) is 5. The second kappa shape index (κ2) is 8.42. The van der Waals surface area contributed by atoms with Crippen LogP contribution in [0.3, 0.4) is 0 Å². The van der Waals surface area contributed by atoms with Crippen molar-refractivity contribution < 1.29 is 22.7 Å². The number of hydrogen-bond donors (Lipinski definition) is 1. The van der Waals surface area contributed by atoms with E-state index in [0.29, 0.717) is 12.4 Å². The molecule has 156 valence electrons. The van der Waals surface area contributed by atoms with E-state index in [1.165, 1.54) is 26.2 Å². The smallest absolute Gasteiger partial charge is 0.251 e. The van der Waals surface area contributed by atoms with Gasteiger partial charge in [0.1, 0.15) is 17.6 Å². The summed E-state index contributed by atoms with van der Waals surface area (Å²) in [7, 11) is -0.704. The predicted molar refractivity (Wildman–Crippen MR) is 110 cm³/mol. The van der Waals surface area contributed by atoms with E-state index >= 15 is 0 Å². The number of carbonyl (C=O) groups is 1. The Balaban J connectivity index is 1.79. The third-order valence-corrected chi connectivity index (χ3v) is 6.50. The highest BCUT2D eigenvalue weighted by Crippen LogP contribution is 2.35. The van der Waals surface area contributed by atoms with Crippen LogP contribution in [0.15, 0.2) is 41.3 Å². The molecular weight excluding hydrogens is 392 g/mol. The first kappa shape index (κ1) is 21.1. The second-order valence-electron chi connectivity index (χ2n) is 7.13. The van der Waals surface area contributed by atoms with E-state index in [-0.39, 0.29) is 29.0 Å². The average Bonchev–Trinajstić information content (AvgIpc) is 3.05. The molecule has 0 bridgehead atoms. The Morgan fingerprint density at radius 1 is 1.28 bits per heavy atom. The lowest BCUT2D eigenvalue weighted by atomic mass is 10.1. The Morgan fingerprint density at radius 2 is 2.03 bits per heavy atom. The van der Waals surface area contributed by atoms with Crippen molar-refractivity contribution in [3.05, 3.63) is 53.1 Å². The lowest BCUT2D eigenvalue weighted by Crippen LogP contribution is -2.25. The number of nitrogens with one attached hydrogen (secondary N) is 1. The molecular formula is C21H26N2O5S. The molecule has 1 atom stereocenters. The highest BCUT2D eigenvalue weighted by atomic mass is 32.2. The molecule has 1 heterocycles. The van der Waals surface area contributed by atoms with Crippen LogP contribution in [0.2, 0.25) is 0 Å². The maximum absolute atomic E-state index is 12.6. The van der Waals surface area contributed by atoms with Gasteiger partial charge >= 0.3 is 0 Å². The summed E-state index contributed by atoms with van der Waals surface area (Å²) in [5.74, 6) is 1.16. The molecule has 2 aromatic rings. The number of ether oxygens (including phenoxy) is 2. The summed E-state index contributed by atoms with van der Waals surface area (Å²) in [6.45, 7) is 4.67. The number of amides is 1. The number of nitrogens with zero attached hydrogens (tertiary/aromatic N) is 1. The highest BCUT2D eigenvalue weighted by Gasteiger charge is 2.22. The zero-order chi connectivity index (χ0) is 21.2. The van der Waals surface area contributed by atoms with Gasteiger partial charge < -0.3 is 14.8 Å². The van der Waals surface area contributed by atoms with Gasteiger partial charge in [-0.25, -0.2) is 12.7 Å². The van der Waals surface area contributed by atoms with Crippen molar-refractivity contribution in [2.24, 2.45) is 0 Å². The van der Waals surface area contributed by atoms with Crippen molar-refractivity contribution in [2.75, 3.05) is 20.7 Å². The molecule has 1 unspecified atom stereocenters. The fourth-order valence-corrected chi connectivity index (χ4v) is 4.14. The molecule has 2 aromatic carbocycles. The van der Waals surface area contributed by atoms with Crippen LogP contribution in [0.25, 0.3) is 0 Å². The minimum atomic E-state index is -3.61. The van der Waals surface area contributed by atoms with E-state index in [1.54, 1.807) is 12.1 Å². The summed E-state index contributed by atoms with van der Waals surface area (Å²) in [4.78, 5) is 12.7. The number of carbonyl (C=O) groups excluding carboxylic acids is 1. The molecule has 1 aliphatic heterocycles. The van der Waals surface area contributed by atoms with Crippen LogP contribution in [-0.4, -0.2) is 45.4 Å². The van der Waals surface area contributed by atoms with Crippen molar-refractivity contribution in [1.82, 2.24) is 9.62 Å². The predicted octanol–water partition coefficient (Wildman–Crippen LogP) is 2.59. The van der Waals surface area contributed by atoms with Crippen LogP contribution >= 0.6 is 0 Å². The van der Waals surface area contributed by atoms with Crippen LogP contribution < -0.4 is 14.8 Å². The fourth-order valence-electron chi connectivity index (χ4n) is 3.20. The largest absolute Gasteiger partial charge is 0.494 e. The lowest BCUT2D eigenvalue weighted by Gasteiger charge is -2.14. The molecule has 0 aliphatic carbocycles. The van der Waals surface area contributed by atoms with Gasteiger partial charge in [-0.05, 0) is 44.2 Å². The molecule has 1 N–H and O–H groups in total. The highest BCUT2D eigenvalue weighted by molar-refractivity contribution is 7.89. The van der Waals surface area contributed by atoms with Gasteiger partial charge in [0.25, 0.3) is 5.91 Å². The van der Waals surface area contributed by atoms with Crippen molar-refractivity contribution in [1.29, 1.82) is 0 Å². The molecule has 1 amide bonds. The summed E-state index contributed by atoms with van der Waals surface area (Å²) >= 11 is 0. The minimum absolute atomic E-state index is 0.0741. The van der Waals surface area contributed by atoms with Crippen LogP contribution in [0, 0.1) is 0 Å². The molecule has 29 heavy (non-hydrogen) atoms.